The Kier molecular flexibility index (Phi) is 5.62. The summed E-state index contributed by atoms with van der Waals surface area (Å²) in [5.41, 5.74) is 0. The van der Waals surface area contributed by atoms with Crippen LogP contribution in [0.1, 0.15) is 26.6 Å². The van der Waals surface area contributed by atoms with Crippen LogP contribution in [0.2, 0.25) is 0 Å². The average molecular weight is 240 g/mol. The molecule has 1 N–H and O–H groups in total. The van der Waals surface area contributed by atoms with E-state index >= 15 is 0 Å². The van der Waals surface area contributed by atoms with Crippen molar-refractivity contribution in [2.45, 2.75) is 33.2 Å². The van der Waals surface area contributed by atoms with Crippen LogP contribution in [0, 0.1) is 0 Å². The quantitative estimate of drug-likeness (QED) is 0.749. The molecule has 1 rings (SSSR count). The maximum absolute atomic E-state index is 11.9. The molecule has 0 radical (unpaired) electrons. The highest BCUT2D eigenvalue weighted by Gasteiger charge is 2.17. The Morgan fingerprint density at radius 3 is 2.76 bits per heavy atom. The van der Waals surface area contributed by atoms with Crippen LogP contribution in [-0.4, -0.2) is 46.6 Å². The summed E-state index contributed by atoms with van der Waals surface area (Å²) in [7, 11) is 0. The Balaban J connectivity index is 2.28. The first-order valence-electron chi connectivity index (χ1n) is 5.96. The van der Waals surface area contributed by atoms with Crippen LogP contribution < -0.4 is 5.32 Å². The van der Waals surface area contributed by atoms with Crippen molar-refractivity contribution >= 4 is 5.91 Å². The van der Waals surface area contributed by atoms with E-state index in [4.69, 9.17) is 0 Å². The molecule has 1 unspecified atom stereocenters. The molecule has 6 heteroatoms. The van der Waals surface area contributed by atoms with Crippen LogP contribution in [0.25, 0.3) is 0 Å². The van der Waals surface area contributed by atoms with Crippen molar-refractivity contribution in [3.8, 4) is 0 Å². The Hall–Kier alpha value is -1.43. The van der Waals surface area contributed by atoms with Gasteiger partial charge in [0.2, 0.25) is 12.3 Å². The molecule has 6 nitrogen and oxygen atoms in total. The molecule has 96 valence electrons. The van der Waals surface area contributed by atoms with Crippen LogP contribution in [0.3, 0.4) is 0 Å². The number of carbonyl (C=O) groups is 1. The molecule has 0 spiro atoms. The van der Waals surface area contributed by atoms with Gasteiger partial charge in [-0.15, -0.1) is 0 Å². The van der Waals surface area contributed by atoms with E-state index in [0.717, 1.165) is 13.1 Å². The average Bonchev–Trinajstić information content (AvgIpc) is 2.83. The van der Waals surface area contributed by atoms with E-state index in [1.165, 1.54) is 6.39 Å². The molecule has 17 heavy (non-hydrogen) atoms. The van der Waals surface area contributed by atoms with E-state index in [-0.39, 0.29) is 11.9 Å². The Bertz CT molecular complexity index is 322. The second-order valence-electron chi connectivity index (χ2n) is 3.78. The van der Waals surface area contributed by atoms with Crippen LogP contribution in [0.4, 0.5) is 0 Å². The number of carbonyl (C=O) groups excluding carboxylic acids is 1. The largest absolute Gasteiger partial charge is 0.343 e. The van der Waals surface area contributed by atoms with Gasteiger partial charge < -0.3 is 14.7 Å². The van der Waals surface area contributed by atoms with Crippen LogP contribution >= 0.6 is 0 Å². The summed E-state index contributed by atoms with van der Waals surface area (Å²) in [5.74, 6) is 0.781. The van der Waals surface area contributed by atoms with Gasteiger partial charge in [0.15, 0.2) is 5.82 Å². The molecule has 1 heterocycles. The summed E-state index contributed by atoms with van der Waals surface area (Å²) in [6.07, 6.45) is 1.96. The monoisotopic (exact) mass is 240 g/mol. The number of hydrogen-bond donors (Lipinski definition) is 1. The molecule has 0 saturated heterocycles. The van der Waals surface area contributed by atoms with Gasteiger partial charge in [0, 0.05) is 26.1 Å². The van der Waals surface area contributed by atoms with E-state index in [1.807, 2.05) is 25.7 Å². The molecule has 0 aliphatic rings. The normalized spacial score (nSPS) is 12.4. The molecule has 1 aromatic rings. The SMILES string of the molecule is CCN(CC)C(=O)C(C)NCCc1ncon1. The third kappa shape index (κ3) is 4.14. The highest BCUT2D eigenvalue weighted by atomic mass is 16.5. The summed E-state index contributed by atoms with van der Waals surface area (Å²) >= 11 is 0. The minimum absolute atomic E-state index is 0.128. The fraction of sp³-hybridized carbons (Fsp3) is 0.727. The predicted molar refractivity (Wildman–Crippen MR) is 63.4 cm³/mol. The minimum Gasteiger partial charge on any atom is -0.343 e. The van der Waals surface area contributed by atoms with E-state index in [0.29, 0.717) is 18.8 Å². The number of likely N-dealkylation sites (N-methyl/N-ethyl adjacent to an activating group) is 1. The lowest BCUT2D eigenvalue weighted by Crippen LogP contribution is -2.45. The number of rotatable bonds is 7. The molecule has 0 saturated carbocycles. The zero-order valence-corrected chi connectivity index (χ0v) is 10.6. The van der Waals surface area contributed by atoms with Crippen LogP contribution in [-0.2, 0) is 11.2 Å². The van der Waals surface area contributed by atoms with Crippen molar-refractivity contribution in [3.05, 3.63) is 12.2 Å². The van der Waals surface area contributed by atoms with Crippen molar-refractivity contribution in [2.24, 2.45) is 0 Å². The van der Waals surface area contributed by atoms with E-state index < -0.39 is 0 Å². The van der Waals surface area contributed by atoms with Crippen molar-refractivity contribution in [3.63, 3.8) is 0 Å². The Morgan fingerprint density at radius 2 is 2.24 bits per heavy atom. The third-order valence-corrected chi connectivity index (χ3v) is 2.65. The fourth-order valence-corrected chi connectivity index (χ4v) is 1.60. The van der Waals surface area contributed by atoms with E-state index in [9.17, 15) is 4.79 Å². The lowest BCUT2D eigenvalue weighted by molar-refractivity contribution is -0.132. The van der Waals surface area contributed by atoms with Gasteiger partial charge in [-0.2, -0.15) is 4.98 Å². The second-order valence-corrected chi connectivity index (χ2v) is 3.78. The molecule has 1 amide bonds. The second kappa shape index (κ2) is 7.01. The van der Waals surface area contributed by atoms with E-state index in [1.54, 1.807) is 0 Å². The molecule has 0 aromatic carbocycles. The Morgan fingerprint density at radius 1 is 1.53 bits per heavy atom. The highest BCUT2D eigenvalue weighted by molar-refractivity contribution is 5.81. The molecular formula is C11H20N4O2. The standard InChI is InChI=1S/C11H20N4O2/c1-4-15(5-2)11(16)9(3)12-7-6-10-13-8-17-14-10/h8-9,12H,4-7H2,1-3H3. The van der Waals surface area contributed by atoms with Gasteiger partial charge in [-0.05, 0) is 20.8 Å². The first kappa shape index (κ1) is 13.6. The minimum atomic E-state index is -0.179. The van der Waals surface area contributed by atoms with Gasteiger partial charge in [0.1, 0.15) is 0 Å². The summed E-state index contributed by atoms with van der Waals surface area (Å²) in [6.45, 7) is 7.98. The van der Waals surface area contributed by atoms with Gasteiger partial charge in [0.05, 0.1) is 6.04 Å². The lowest BCUT2D eigenvalue weighted by atomic mass is 10.2. The maximum atomic E-state index is 11.9. The zero-order valence-electron chi connectivity index (χ0n) is 10.6. The molecule has 0 aliphatic carbocycles. The smallest absolute Gasteiger partial charge is 0.239 e. The molecule has 1 atom stereocenters. The van der Waals surface area contributed by atoms with Crippen LogP contribution in [0.15, 0.2) is 10.9 Å². The Labute approximate surface area is 101 Å². The van der Waals surface area contributed by atoms with Gasteiger partial charge in [-0.1, -0.05) is 5.16 Å². The molecule has 0 bridgehead atoms. The number of amides is 1. The summed E-state index contributed by atoms with van der Waals surface area (Å²) < 4.78 is 4.63. The number of aromatic nitrogens is 2. The number of hydrogen-bond acceptors (Lipinski definition) is 5. The molecule has 0 fully saturated rings. The summed E-state index contributed by atoms with van der Waals surface area (Å²) in [6, 6.07) is -0.179. The van der Waals surface area contributed by atoms with Crippen molar-refractivity contribution in [2.75, 3.05) is 19.6 Å². The van der Waals surface area contributed by atoms with Crippen molar-refractivity contribution in [1.82, 2.24) is 20.4 Å². The topological polar surface area (TPSA) is 71.3 Å². The van der Waals surface area contributed by atoms with Crippen LogP contribution in [0.5, 0.6) is 0 Å². The van der Waals surface area contributed by atoms with Gasteiger partial charge in [0.25, 0.3) is 0 Å². The lowest BCUT2D eigenvalue weighted by Gasteiger charge is -2.23. The van der Waals surface area contributed by atoms with Gasteiger partial charge >= 0.3 is 0 Å². The first-order valence-corrected chi connectivity index (χ1v) is 5.96. The number of nitrogens with one attached hydrogen (secondary N) is 1. The van der Waals surface area contributed by atoms with Crippen molar-refractivity contribution < 1.29 is 9.32 Å². The zero-order chi connectivity index (χ0) is 12.7. The van der Waals surface area contributed by atoms with Crippen molar-refractivity contribution in [1.29, 1.82) is 0 Å². The predicted octanol–water partition coefficient (Wildman–Crippen LogP) is 0.459. The highest BCUT2D eigenvalue weighted by Crippen LogP contribution is 1.95. The summed E-state index contributed by atoms with van der Waals surface area (Å²) in [5, 5.41) is 6.86. The molecular weight excluding hydrogens is 220 g/mol. The molecule has 1 aromatic heterocycles. The summed E-state index contributed by atoms with van der Waals surface area (Å²) in [4.78, 5) is 17.6. The third-order valence-electron chi connectivity index (χ3n) is 2.65. The maximum Gasteiger partial charge on any atom is 0.239 e. The fourth-order valence-electron chi connectivity index (χ4n) is 1.60. The molecule has 0 aliphatic heterocycles. The number of nitrogens with zero attached hydrogens (tertiary/aromatic N) is 3. The van der Waals surface area contributed by atoms with Gasteiger partial charge in [-0.3, -0.25) is 4.79 Å². The first-order chi connectivity index (χ1) is 8.19. The van der Waals surface area contributed by atoms with E-state index in [2.05, 4.69) is 20.0 Å². The van der Waals surface area contributed by atoms with Gasteiger partial charge in [-0.25, -0.2) is 0 Å².